The maximum atomic E-state index is 12.4. The Balaban J connectivity index is 1.36. The van der Waals surface area contributed by atoms with Crippen LogP contribution in [0.2, 0.25) is 0 Å². The number of thiazole rings is 1. The number of fused-ring (bicyclic) bond motifs is 2. The van der Waals surface area contributed by atoms with Crippen molar-refractivity contribution in [2.24, 2.45) is 0 Å². The zero-order valence-electron chi connectivity index (χ0n) is 16.2. The first-order valence-corrected chi connectivity index (χ1v) is 10.7. The first-order valence-electron chi connectivity index (χ1n) is 9.77. The number of carboxylic acid groups (broad SMARTS) is 1. The normalized spacial score (nSPS) is 15.1. The molecule has 7 nitrogen and oxygen atoms in total. The molecule has 4 aromatic rings. The quantitative estimate of drug-likeness (QED) is 0.547. The van der Waals surface area contributed by atoms with Crippen molar-refractivity contribution in [3.63, 3.8) is 0 Å². The fraction of sp³-hybridized carbons (Fsp3) is 0.227. The summed E-state index contributed by atoms with van der Waals surface area (Å²) in [6, 6.07) is 13.4. The first kappa shape index (κ1) is 18.8. The van der Waals surface area contributed by atoms with Gasteiger partial charge >= 0.3 is 5.97 Å². The Labute approximate surface area is 176 Å². The largest absolute Gasteiger partial charge is 0.477 e. The van der Waals surface area contributed by atoms with Crippen molar-refractivity contribution in [2.45, 2.75) is 6.54 Å². The topological polar surface area (TPSA) is 78.2 Å². The number of carboxylic acids is 1. The van der Waals surface area contributed by atoms with Gasteiger partial charge in [-0.15, -0.1) is 11.3 Å². The molecule has 0 atom stereocenters. The van der Waals surface area contributed by atoms with E-state index in [4.69, 9.17) is 0 Å². The molecule has 152 valence electrons. The number of carbonyl (C=O) groups is 1. The minimum absolute atomic E-state index is 0.190. The van der Waals surface area contributed by atoms with Gasteiger partial charge in [-0.3, -0.25) is 14.1 Å². The van der Waals surface area contributed by atoms with Crippen molar-refractivity contribution in [3.05, 3.63) is 75.7 Å². The van der Waals surface area contributed by atoms with Crippen LogP contribution in [-0.2, 0) is 6.54 Å². The zero-order chi connectivity index (χ0) is 20.7. The lowest BCUT2D eigenvalue weighted by Crippen LogP contribution is -2.46. The summed E-state index contributed by atoms with van der Waals surface area (Å²) in [5, 5.41) is 9.44. The number of benzene rings is 1. The summed E-state index contributed by atoms with van der Waals surface area (Å²) >= 11 is 1.65. The predicted molar refractivity (Wildman–Crippen MR) is 118 cm³/mol. The minimum Gasteiger partial charge on any atom is -0.477 e. The number of nitrogens with zero attached hydrogens (tertiary/aromatic N) is 4. The molecule has 30 heavy (non-hydrogen) atoms. The highest BCUT2D eigenvalue weighted by Gasteiger charge is 2.20. The highest BCUT2D eigenvalue weighted by molar-refractivity contribution is 7.16. The summed E-state index contributed by atoms with van der Waals surface area (Å²) in [6.07, 6.45) is 1.63. The van der Waals surface area contributed by atoms with Crippen molar-refractivity contribution < 1.29 is 9.90 Å². The number of hydrogen-bond donors (Lipinski definition) is 1. The highest BCUT2D eigenvalue weighted by Crippen LogP contribution is 2.25. The van der Waals surface area contributed by atoms with Gasteiger partial charge < -0.3 is 10.0 Å². The molecule has 1 N–H and O–H groups in total. The van der Waals surface area contributed by atoms with Crippen molar-refractivity contribution in [1.29, 1.82) is 0 Å². The predicted octanol–water partition coefficient (Wildman–Crippen LogP) is 2.93. The number of piperazine rings is 1. The van der Waals surface area contributed by atoms with E-state index in [0.29, 0.717) is 6.54 Å². The number of hydrogen-bond acceptors (Lipinski definition) is 6. The smallest absolute Gasteiger partial charge is 0.341 e. The molecule has 1 saturated heterocycles. The Morgan fingerprint density at radius 2 is 1.93 bits per heavy atom. The molecule has 1 aliphatic rings. The third-order valence-electron chi connectivity index (χ3n) is 5.63. The van der Waals surface area contributed by atoms with Crippen molar-refractivity contribution in [1.82, 2.24) is 14.3 Å². The van der Waals surface area contributed by atoms with Crippen LogP contribution in [-0.4, -0.2) is 51.5 Å². The van der Waals surface area contributed by atoms with Gasteiger partial charge in [-0.1, -0.05) is 6.07 Å². The lowest BCUT2D eigenvalue weighted by molar-refractivity contribution is 0.0694. The Kier molecular flexibility index (Phi) is 4.72. The molecule has 1 aromatic carbocycles. The van der Waals surface area contributed by atoms with Crippen LogP contribution in [0.1, 0.15) is 15.9 Å². The summed E-state index contributed by atoms with van der Waals surface area (Å²) < 4.78 is 2.62. The molecular formula is C22H20N4O3S. The average Bonchev–Trinajstić information content (AvgIpc) is 3.24. The van der Waals surface area contributed by atoms with Gasteiger partial charge in [-0.25, -0.2) is 9.78 Å². The number of aromatic carboxylic acids is 1. The third kappa shape index (κ3) is 3.34. The number of aromatic nitrogens is 2. The summed E-state index contributed by atoms with van der Waals surface area (Å²) in [6.45, 7) is 4.11. The second-order valence-corrected chi connectivity index (χ2v) is 8.30. The third-order valence-corrected chi connectivity index (χ3v) is 6.43. The van der Waals surface area contributed by atoms with Gasteiger partial charge in [0.1, 0.15) is 5.56 Å². The maximum absolute atomic E-state index is 12.4. The molecule has 0 saturated carbocycles. The van der Waals surface area contributed by atoms with Crippen molar-refractivity contribution in [3.8, 4) is 0 Å². The van der Waals surface area contributed by atoms with Gasteiger partial charge in [0.15, 0.2) is 0 Å². The van der Waals surface area contributed by atoms with Gasteiger partial charge in [0.2, 0.25) is 0 Å². The van der Waals surface area contributed by atoms with E-state index in [1.807, 2.05) is 17.6 Å². The molecule has 0 radical (unpaired) electrons. The second kappa shape index (κ2) is 7.55. The SMILES string of the molecule is O=C(O)c1cc(CN2CCN(c3ccc4ncsc4c3)CC2)c2ccccn2c1=O. The zero-order valence-corrected chi connectivity index (χ0v) is 17.0. The molecule has 0 unspecified atom stereocenters. The van der Waals surface area contributed by atoms with Crippen LogP contribution < -0.4 is 10.5 Å². The lowest BCUT2D eigenvalue weighted by atomic mass is 10.1. The Morgan fingerprint density at radius 3 is 2.73 bits per heavy atom. The fourth-order valence-corrected chi connectivity index (χ4v) is 4.76. The number of pyridine rings is 2. The summed E-state index contributed by atoms with van der Waals surface area (Å²) in [4.78, 5) is 33.0. The average molecular weight is 420 g/mol. The lowest BCUT2D eigenvalue weighted by Gasteiger charge is -2.36. The fourth-order valence-electron chi connectivity index (χ4n) is 4.05. The van der Waals surface area contributed by atoms with Crippen LogP contribution in [0.25, 0.3) is 15.7 Å². The van der Waals surface area contributed by atoms with E-state index in [9.17, 15) is 14.7 Å². The van der Waals surface area contributed by atoms with Crippen LogP contribution in [0.15, 0.2) is 59.0 Å². The van der Waals surface area contributed by atoms with Crippen molar-refractivity contribution in [2.75, 3.05) is 31.1 Å². The molecule has 3 aromatic heterocycles. The molecule has 5 rings (SSSR count). The summed E-state index contributed by atoms with van der Waals surface area (Å²) in [5.41, 5.74) is 5.03. The van der Waals surface area contributed by atoms with E-state index in [0.717, 1.165) is 42.8 Å². The molecule has 8 heteroatoms. The Hall–Kier alpha value is -3.23. The highest BCUT2D eigenvalue weighted by atomic mass is 32.1. The molecule has 0 spiro atoms. The van der Waals surface area contributed by atoms with E-state index in [-0.39, 0.29) is 5.56 Å². The second-order valence-electron chi connectivity index (χ2n) is 7.42. The molecule has 0 amide bonds. The molecular weight excluding hydrogens is 400 g/mol. The summed E-state index contributed by atoms with van der Waals surface area (Å²) in [5.74, 6) is -1.19. The van der Waals surface area contributed by atoms with E-state index < -0.39 is 11.5 Å². The van der Waals surface area contributed by atoms with Gasteiger partial charge in [0.25, 0.3) is 5.56 Å². The van der Waals surface area contributed by atoms with E-state index in [1.54, 1.807) is 23.6 Å². The number of rotatable bonds is 4. The van der Waals surface area contributed by atoms with Gasteiger partial charge in [0, 0.05) is 44.6 Å². The standard InChI is InChI=1S/C22H20N4O3S/c27-21-17(22(28)29)11-15(19-3-1-2-6-26(19)21)13-24-7-9-25(10-8-24)16-4-5-18-20(12-16)30-14-23-18/h1-6,11-12,14H,7-10,13H2,(H,28,29). The monoisotopic (exact) mass is 420 g/mol. The van der Waals surface area contributed by atoms with Crippen LogP contribution >= 0.6 is 11.3 Å². The Morgan fingerprint density at radius 1 is 1.10 bits per heavy atom. The summed E-state index contributed by atoms with van der Waals surface area (Å²) in [7, 11) is 0. The number of anilines is 1. The van der Waals surface area contributed by atoms with Crippen LogP contribution in [0.3, 0.4) is 0 Å². The molecule has 0 bridgehead atoms. The molecule has 0 aliphatic carbocycles. The maximum Gasteiger partial charge on any atom is 0.341 e. The van der Waals surface area contributed by atoms with Gasteiger partial charge in [-0.2, -0.15) is 0 Å². The first-order chi connectivity index (χ1) is 14.6. The van der Waals surface area contributed by atoms with Crippen LogP contribution in [0.4, 0.5) is 5.69 Å². The van der Waals surface area contributed by atoms with E-state index >= 15 is 0 Å². The molecule has 1 aliphatic heterocycles. The van der Waals surface area contributed by atoms with Gasteiger partial charge in [-0.05, 0) is 42.0 Å². The van der Waals surface area contributed by atoms with Crippen LogP contribution in [0, 0.1) is 0 Å². The molecule has 4 heterocycles. The van der Waals surface area contributed by atoms with Gasteiger partial charge in [0.05, 0.1) is 21.2 Å². The van der Waals surface area contributed by atoms with E-state index in [1.165, 1.54) is 20.9 Å². The molecule has 1 fully saturated rings. The van der Waals surface area contributed by atoms with Crippen LogP contribution in [0.5, 0.6) is 0 Å². The minimum atomic E-state index is -1.19. The van der Waals surface area contributed by atoms with Crippen molar-refractivity contribution >= 4 is 38.7 Å². The Bertz CT molecular complexity index is 1300. The van der Waals surface area contributed by atoms with E-state index in [2.05, 4.69) is 33.0 Å².